The van der Waals surface area contributed by atoms with Gasteiger partial charge in [0.2, 0.25) is 0 Å². The third-order valence-corrected chi connectivity index (χ3v) is 3.50. The molecule has 0 aliphatic carbocycles. The predicted octanol–water partition coefficient (Wildman–Crippen LogP) is 4.28. The van der Waals surface area contributed by atoms with Crippen molar-refractivity contribution in [2.45, 2.75) is 32.6 Å². The van der Waals surface area contributed by atoms with E-state index in [1.807, 2.05) is 0 Å². The van der Waals surface area contributed by atoms with Crippen molar-refractivity contribution in [2.24, 2.45) is 0 Å². The Morgan fingerprint density at radius 1 is 1.40 bits per heavy atom. The Morgan fingerprint density at radius 3 is 2.60 bits per heavy atom. The first-order valence-electron chi connectivity index (χ1n) is 5.43. The quantitative estimate of drug-likeness (QED) is 0.726. The Kier molecular flexibility index (Phi) is 5.16. The van der Waals surface area contributed by atoms with Crippen LogP contribution in [0.1, 0.15) is 36.8 Å². The molecule has 0 aromatic heterocycles. The number of alkyl halides is 1. The maximum absolute atomic E-state index is 5.26. The number of hydrogen-bond acceptors (Lipinski definition) is 1. The van der Waals surface area contributed by atoms with E-state index in [9.17, 15) is 0 Å². The molecule has 1 nitrogen and oxygen atoms in total. The molecule has 15 heavy (non-hydrogen) atoms. The fourth-order valence-corrected chi connectivity index (χ4v) is 2.53. The molecule has 0 heterocycles. The van der Waals surface area contributed by atoms with Crippen LogP contribution < -0.4 is 4.74 Å². The van der Waals surface area contributed by atoms with E-state index in [1.165, 1.54) is 24.0 Å². The van der Waals surface area contributed by atoms with Crippen molar-refractivity contribution in [3.8, 4) is 5.75 Å². The van der Waals surface area contributed by atoms with Crippen molar-refractivity contribution in [1.29, 1.82) is 0 Å². The second-order valence-electron chi connectivity index (χ2n) is 3.87. The molecular formula is C13H19BrO. The van der Waals surface area contributed by atoms with Gasteiger partial charge in [0.25, 0.3) is 0 Å². The predicted molar refractivity (Wildman–Crippen MR) is 69.2 cm³/mol. The van der Waals surface area contributed by atoms with Crippen LogP contribution in [0.15, 0.2) is 18.2 Å². The van der Waals surface area contributed by atoms with Crippen molar-refractivity contribution in [3.63, 3.8) is 0 Å². The van der Waals surface area contributed by atoms with Gasteiger partial charge < -0.3 is 4.74 Å². The van der Waals surface area contributed by atoms with E-state index in [0.29, 0.717) is 5.92 Å². The van der Waals surface area contributed by atoms with Gasteiger partial charge in [0.15, 0.2) is 0 Å². The van der Waals surface area contributed by atoms with Gasteiger partial charge in [0.1, 0.15) is 5.75 Å². The summed E-state index contributed by atoms with van der Waals surface area (Å²) in [7, 11) is 1.72. The lowest BCUT2D eigenvalue weighted by atomic mass is 9.95. The standard InChI is InChI=1S/C13H19BrO/c1-4-5-12(9-14)11-6-7-13(15-3)10(2)8-11/h6-8,12H,4-5,9H2,1-3H3. The molecule has 1 unspecified atom stereocenters. The van der Waals surface area contributed by atoms with Crippen molar-refractivity contribution in [3.05, 3.63) is 29.3 Å². The molecule has 0 amide bonds. The minimum Gasteiger partial charge on any atom is -0.496 e. The van der Waals surface area contributed by atoms with Crippen LogP contribution in [0.4, 0.5) is 0 Å². The normalized spacial score (nSPS) is 12.5. The third kappa shape index (κ3) is 3.23. The minimum absolute atomic E-state index is 0.625. The van der Waals surface area contributed by atoms with Gasteiger partial charge in [0.05, 0.1) is 7.11 Å². The van der Waals surface area contributed by atoms with Crippen LogP contribution in [0, 0.1) is 6.92 Å². The van der Waals surface area contributed by atoms with E-state index in [2.05, 4.69) is 48.0 Å². The average molecular weight is 271 g/mol. The maximum atomic E-state index is 5.26. The summed E-state index contributed by atoms with van der Waals surface area (Å²) in [5.74, 6) is 1.60. The zero-order chi connectivity index (χ0) is 11.3. The average Bonchev–Trinajstić information content (AvgIpc) is 2.25. The molecule has 2 heteroatoms. The van der Waals surface area contributed by atoms with Gasteiger partial charge in [-0.15, -0.1) is 0 Å². The summed E-state index contributed by atoms with van der Waals surface area (Å²) in [6.45, 7) is 4.33. The highest BCUT2D eigenvalue weighted by atomic mass is 79.9. The Labute approximate surface area is 101 Å². The van der Waals surface area contributed by atoms with E-state index in [0.717, 1.165) is 11.1 Å². The number of rotatable bonds is 5. The molecule has 1 rings (SSSR count). The molecule has 0 saturated heterocycles. The summed E-state index contributed by atoms with van der Waals surface area (Å²) >= 11 is 3.58. The first kappa shape index (κ1) is 12.6. The zero-order valence-corrected chi connectivity index (χ0v) is 11.3. The number of hydrogen-bond donors (Lipinski definition) is 0. The lowest BCUT2D eigenvalue weighted by Crippen LogP contribution is -2.00. The van der Waals surface area contributed by atoms with Gasteiger partial charge in [0, 0.05) is 5.33 Å². The molecule has 0 aliphatic rings. The van der Waals surface area contributed by atoms with Crippen LogP contribution in [0.2, 0.25) is 0 Å². The van der Waals surface area contributed by atoms with Gasteiger partial charge in [-0.25, -0.2) is 0 Å². The van der Waals surface area contributed by atoms with Crippen molar-refractivity contribution < 1.29 is 4.74 Å². The number of halogens is 1. The summed E-state index contributed by atoms with van der Waals surface area (Å²) in [5, 5.41) is 1.03. The number of benzene rings is 1. The van der Waals surface area contributed by atoms with Crippen LogP contribution in [-0.4, -0.2) is 12.4 Å². The van der Waals surface area contributed by atoms with E-state index in [-0.39, 0.29) is 0 Å². The van der Waals surface area contributed by atoms with E-state index >= 15 is 0 Å². The molecule has 1 aromatic rings. The SMILES string of the molecule is CCCC(CBr)c1ccc(OC)c(C)c1. The number of aryl methyl sites for hydroxylation is 1. The van der Waals surface area contributed by atoms with Crippen LogP contribution in [0.3, 0.4) is 0 Å². The van der Waals surface area contributed by atoms with Gasteiger partial charge in [-0.2, -0.15) is 0 Å². The van der Waals surface area contributed by atoms with Crippen molar-refractivity contribution in [2.75, 3.05) is 12.4 Å². The monoisotopic (exact) mass is 270 g/mol. The first-order valence-corrected chi connectivity index (χ1v) is 6.55. The highest BCUT2D eigenvalue weighted by Gasteiger charge is 2.10. The molecular weight excluding hydrogens is 252 g/mol. The smallest absolute Gasteiger partial charge is 0.121 e. The molecule has 1 aromatic carbocycles. The largest absolute Gasteiger partial charge is 0.496 e. The van der Waals surface area contributed by atoms with Gasteiger partial charge in [-0.05, 0) is 36.5 Å². The summed E-state index contributed by atoms with van der Waals surface area (Å²) in [6, 6.07) is 6.48. The van der Waals surface area contributed by atoms with Gasteiger partial charge in [-0.3, -0.25) is 0 Å². The maximum Gasteiger partial charge on any atom is 0.121 e. The zero-order valence-electron chi connectivity index (χ0n) is 9.72. The molecule has 1 atom stereocenters. The van der Waals surface area contributed by atoms with Crippen LogP contribution >= 0.6 is 15.9 Å². The van der Waals surface area contributed by atoms with E-state index in [4.69, 9.17) is 4.74 Å². The second kappa shape index (κ2) is 6.16. The van der Waals surface area contributed by atoms with Crippen molar-refractivity contribution >= 4 is 15.9 Å². The summed E-state index contributed by atoms with van der Waals surface area (Å²) < 4.78 is 5.26. The van der Waals surface area contributed by atoms with Crippen LogP contribution in [0.25, 0.3) is 0 Å². The molecule has 0 saturated carbocycles. The summed E-state index contributed by atoms with van der Waals surface area (Å²) in [6.07, 6.45) is 2.46. The topological polar surface area (TPSA) is 9.23 Å². The molecule has 0 bridgehead atoms. The molecule has 0 fully saturated rings. The summed E-state index contributed by atoms with van der Waals surface area (Å²) in [4.78, 5) is 0. The second-order valence-corrected chi connectivity index (χ2v) is 4.52. The molecule has 0 N–H and O–H groups in total. The fourth-order valence-electron chi connectivity index (χ4n) is 1.84. The highest BCUT2D eigenvalue weighted by Crippen LogP contribution is 2.27. The fraction of sp³-hybridized carbons (Fsp3) is 0.538. The Hall–Kier alpha value is -0.500. The number of ether oxygens (including phenoxy) is 1. The van der Waals surface area contributed by atoms with Gasteiger partial charge in [-0.1, -0.05) is 41.4 Å². The minimum atomic E-state index is 0.625. The van der Waals surface area contributed by atoms with E-state index in [1.54, 1.807) is 7.11 Å². The molecule has 0 radical (unpaired) electrons. The lowest BCUT2D eigenvalue weighted by molar-refractivity contribution is 0.411. The third-order valence-electron chi connectivity index (χ3n) is 2.71. The van der Waals surface area contributed by atoms with E-state index < -0.39 is 0 Å². The molecule has 0 aliphatic heterocycles. The van der Waals surface area contributed by atoms with Crippen LogP contribution in [-0.2, 0) is 0 Å². The highest BCUT2D eigenvalue weighted by molar-refractivity contribution is 9.09. The molecule has 0 spiro atoms. The Morgan fingerprint density at radius 2 is 2.13 bits per heavy atom. The van der Waals surface area contributed by atoms with Crippen molar-refractivity contribution in [1.82, 2.24) is 0 Å². The lowest BCUT2D eigenvalue weighted by Gasteiger charge is -2.15. The Bertz CT molecular complexity index is 309. The van der Waals surface area contributed by atoms with Crippen LogP contribution in [0.5, 0.6) is 5.75 Å². The first-order chi connectivity index (χ1) is 7.22. The number of methoxy groups -OCH3 is 1. The molecule has 84 valence electrons. The summed E-state index contributed by atoms with van der Waals surface area (Å²) in [5.41, 5.74) is 2.63. The Balaban J connectivity index is 2.89. The van der Waals surface area contributed by atoms with Gasteiger partial charge >= 0.3 is 0 Å².